The Morgan fingerprint density at radius 2 is 1.91 bits per heavy atom. The van der Waals surface area contributed by atoms with Crippen molar-refractivity contribution in [3.05, 3.63) is 75.1 Å². The molecule has 4 rings (SSSR count). The van der Waals surface area contributed by atoms with Gasteiger partial charge in [0, 0.05) is 6.54 Å². The fourth-order valence-electron chi connectivity index (χ4n) is 4.38. The molecule has 1 amide bonds. The monoisotopic (exact) mass is 448 g/mol. The maximum atomic E-state index is 13.6. The lowest BCUT2D eigenvalue weighted by Crippen LogP contribution is -2.32. The van der Waals surface area contributed by atoms with Crippen LogP contribution in [-0.2, 0) is 0 Å². The molecule has 1 aliphatic rings. The summed E-state index contributed by atoms with van der Waals surface area (Å²) in [5, 5.41) is 0.511. The third-order valence-electron chi connectivity index (χ3n) is 6.07. The minimum Gasteiger partial charge on any atom is -0.494 e. The summed E-state index contributed by atoms with van der Waals surface area (Å²) in [6.45, 7) is 6.08. The Balaban J connectivity index is 1.81. The molecule has 0 N–H and O–H groups in total. The molecule has 6 nitrogen and oxygen atoms in total. The fourth-order valence-corrected chi connectivity index (χ4v) is 4.38. The van der Waals surface area contributed by atoms with E-state index in [1.165, 1.54) is 0 Å². The van der Waals surface area contributed by atoms with Gasteiger partial charge in [-0.25, -0.2) is 0 Å². The van der Waals surface area contributed by atoms with Crippen LogP contribution in [0.4, 0.5) is 0 Å². The maximum Gasteiger partial charge on any atom is 0.290 e. The Hall–Kier alpha value is -3.12. The van der Waals surface area contributed by atoms with Crippen LogP contribution in [0.1, 0.15) is 59.5 Å². The third kappa shape index (κ3) is 4.67. The lowest BCUT2D eigenvalue weighted by Gasteiger charge is -2.26. The van der Waals surface area contributed by atoms with E-state index in [1.807, 2.05) is 57.4 Å². The number of fused-ring (bicyclic) bond motifs is 2. The van der Waals surface area contributed by atoms with Gasteiger partial charge in [0.1, 0.15) is 11.3 Å². The van der Waals surface area contributed by atoms with Gasteiger partial charge in [0.2, 0.25) is 5.76 Å². The van der Waals surface area contributed by atoms with Gasteiger partial charge in [0.15, 0.2) is 5.43 Å². The molecule has 0 bridgehead atoms. The normalized spacial score (nSPS) is 15.5. The molecule has 0 saturated carbocycles. The van der Waals surface area contributed by atoms with Crippen molar-refractivity contribution < 1.29 is 13.9 Å². The van der Waals surface area contributed by atoms with Crippen LogP contribution in [-0.4, -0.2) is 49.5 Å². The first kappa shape index (κ1) is 23.1. The Bertz CT molecular complexity index is 1210. The molecule has 3 aromatic rings. The quantitative estimate of drug-likeness (QED) is 0.441. The highest BCUT2D eigenvalue weighted by molar-refractivity contribution is 5.99. The van der Waals surface area contributed by atoms with E-state index >= 15 is 0 Å². The Kier molecular flexibility index (Phi) is 6.84. The molecular weight excluding hydrogens is 416 g/mol. The number of carbonyl (C=O) groups is 1. The van der Waals surface area contributed by atoms with Crippen molar-refractivity contribution in [3.8, 4) is 5.75 Å². The van der Waals surface area contributed by atoms with E-state index in [4.69, 9.17) is 9.15 Å². The third-order valence-corrected chi connectivity index (χ3v) is 6.07. The van der Waals surface area contributed by atoms with Crippen molar-refractivity contribution in [2.24, 2.45) is 0 Å². The van der Waals surface area contributed by atoms with Crippen molar-refractivity contribution >= 4 is 16.9 Å². The van der Waals surface area contributed by atoms with Crippen LogP contribution in [0.15, 0.2) is 51.7 Å². The summed E-state index contributed by atoms with van der Waals surface area (Å²) in [7, 11) is 4.02. The van der Waals surface area contributed by atoms with Crippen LogP contribution < -0.4 is 10.2 Å². The average Bonchev–Trinajstić information content (AvgIpc) is 3.07. The first-order valence-electron chi connectivity index (χ1n) is 11.7. The minimum atomic E-state index is -0.495. The van der Waals surface area contributed by atoms with Crippen molar-refractivity contribution in [2.45, 2.75) is 39.2 Å². The van der Waals surface area contributed by atoms with Crippen LogP contribution in [0, 0.1) is 6.92 Å². The van der Waals surface area contributed by atoms with Gasteiger partial charge in [-0.3, -0.25) is 9.59 Å². The predicted molar refractivity (Wildman–Crippen MR) is 130 cm³/mol. The SMILES string of the molecule is CCCCOc1cccc([C@H]2c3c(oc4ccc(C)cc4c3=O)C(=O)N2CCCN(C)C)c1. The van der Waals surface area contributed by atoms with Crippen LogP contribution in [0.25, 0.3) is 11.0 Å². The molecule has 2 heterocycles. The van der Waals surface area contributed by atoms with Gasteiger partial charge in [-0.1, -0.05) is 37.1 Å². The number of carbonyl (C=O) groups excluding carboxylic acids is 1. The highest BCUT2D eigenvalue weighted by atomic mass is 16.5. The summed E-state index contributed by atoms with van der Waals surface area (Å²) in [6.07, 6.45) is 2.82. The number of hydrogen-bond donors (Lipinski definition) is 0. The molecule has 0 aliphatic carbocycles. The molecule has 174 valence electrons. The minimum absolute atomic E-state index is 0.138. The number of unbranched alkanes of at least 4 members (excludes halogenated alkanes) is 1. The topological polar surface area (TPSA) is 63.0 Å². The second-order valence-corrected chi connectivity index (χ2v) is 9.01. The van der Waals surface area contributed by atoms with E-state index in [0.717, 1.165) is 42.7 Å². The number of aryl methyl sites for hydroxylation is 1. The molecule has 0 saturated heterocycles. The van der Waals surface area contributed by atoms with Crippen LogP contribution in [0.3, 0.4) is 0 Å². The second-order valence-electron chi connectivity index (χ2n) is 9.01. The lowest BCUT2D eigenvalue weighted by molar-refractivity contribution is 0.0722. The largest absolute Gasteiger partial charge is 0.494 e. The summed E-state index contributed by atoms with van der Waals surface area (Å²) in [6, 6.07) is 12.7. The molecule has 1 aromatic heterocycles. The Morgan fingerprint density at radius 1 is 1.09 bits per heavy atom. The standard InChI is InChI=1S/C27H32N2O4/c1-5-6-15-32-20-10-7-9-19(17-20)24-23-25(30)21-16-18(2)11-12-22(21)33-26(23)27(31)29(24)14-8-13-28(3)4/h7,9-12,16-17,24H,5-6,8,13-15H2,1-4H3/t24-/m0/s1. The predicted octanol–water partition coefficient (Wildman–Crippen LogP) is 4.78. The molecule has 2 aromatic carbocycles. The van der Waals surface area contributed by atoms with Crippen LogP contribution >= 0.6 is 0 Å². The molecule has 1 aliphatic heterocycles. The van der Waals surface area contributed by atoms with E-state index in [-0.39, 0.29) is 17.1 Å². The molecule has 1 atom stereocenters. The number of amides is 1. The van der Waals surface area contributed by atoms with E-state index < -0.39 is 6.04 Å². The van der Waals surface area contributed by atoms with Crippen LogP contribution in [0.2, 0.25) is 0 Å². The molecule has 6 heteroatoms. The van der Waals surface area contributed by atoms with E-state index in [9.17, 15) is 9.59 Å². The van der Waals surface area contributed by atoms with Crippen molar-refractivity contribution in [1.82, 2.24) is 9.80 Å². The number of nitrogens with zero attached hydrogens (tertiary/aromatic N) is 2. The molecular formula is C27H32N2O4. The Morgan fingerprint density at radius 3 is 2.67 bits per heavy atom. The number of hydrogen-bond acceptors (Lipinski definition) is 5. The van der Waals surface area contributed by atoms with Gasteiger partial charge in [-0.15, -0.1) is 0 Å². The summed E-state index contributed by atoms with van der Waals surface area (Å²) < 4.78 is 12.0. The van der Waals surface area contributed by atoms with E-state index in [1.54, 1.807) is 11.0 Å². The van der Waals surface area contributed by atoms with Crippen molar-refractivity contribution in [1.29, 1.82) is 0 Å². The summed E-state index contributed by atoms with van der Waals surface area (Å²) in [4.78, 5) is 31.0. The smallest absolute Gasteiger partial charge is 0.290 e. The number of rotatable bonds is 9. The molecule has 0 radical (unpaired) electrons. The molecule has 33 heavy (non-hydrogen) atoms. The van der Waals surface area contributed by atoms with Gasteiger partial charge in [0.05, 0.1) is 23.6 Å². The number of ether oxygens (including phenoxy) is 1. The fraction of sp³-hybridized carbons (Fsp3) is 0.407. The molecule has 0 spiro atoms. The zero-order valence-corrected chi connectivity index (χ0v) is 19.9. The van der Waals surface area contributed by atoms with Gasteiger partial charge >= 0.3 is 0 Å². The highest BCUT2D eigenvalue weighted by Crippen LogP contribution is 2.39. The summed E-state index contributed by atoms with van der Waals surface area (Å²) in [5.74, 6) is 0.672. The van der Waals surface area contributed by atoms with E-state index in [0.29, 0.717) is 29.7 Å². The van der Waals surface area contributed by atoms with Gasteiger partial charge in [0.25, 0.3) is 5.91 Å². The highest BCUT2D eigenvalue weighted by Gasteiger charge is 2.42. The molecule has 0 fully saturated rings. The summed E-state index contributed by atoms with van der Waals surface area (Å²) in [5.41, 5.74) is 2.57. The lowest BCUT2D eigenvalue weighted by atomic mass is 9.98. The Labute approximate surface area is 194 Å². The van der Waals surface area contributed by atoms with Crippen molar-refractivity contribution in [2.75, 3.05) is 33.8 Å². The zero-order chi connectivity index (χ0) is 23.5. The summed E-state index contributed by atoms with van der Waals surface area (Å²) >= 11 is 0. The van der Waals surface area contributed by atoms with E-state index in [2.05, 4.69) is 11.8 Å². The average molecular weight is 449 g/mol. The van der Waals surface area contributed by atoms with Crippen LogP contribution in [0.5, 0.6) is 5.75 Å². The number of benzene rings is 2. The second kappa shape index (κ2) is 9.79. The zero-order valence-electron chi connectivity index (χ0n) is 19.9. The van der Waals surface area contributed by atoms with Gasteiger partial charge < -0.3 is 19.0 Å². The maximum absolute atomic E-state index is 13.6. The van der Waals surface area contributed by atoms with Gasteiger partial charge in [-0.05, 0) is 70.2 Å². The van der Waals surface area contributed by atoms with Gasteiger partial charge in [-0.2, -0.15) is 0 Å². The first-order chi connectivity index (χ1) is 15.9. The first-order valence-corrected chi connectivity index (χ1v) is 11.7. The molecule has 0 unspecified atom stereocenters. The van der Waals surface area contributed by atoms with Crippen molar-refractivity contribution in [3.63, 3.8) is 0 Å².